The lowest BCUT2D eigenvalue weighted by Crippen LogP contribution is -2.49. The number of anilines is 1. The van der Waals surface area contributed by atoms with E-state index in [9.17, 15) is 0 Å². The molecule has 0 radical (unpaired) electrons. The average molecular weight is 402 g/mol. The first-order valence-electron chi connectivity index (χ1n) is 9.83. The summed E-state index contributed by atoms with van der Waals surface area (Å²) in [5, 5.41) is 8.64. The molecule has 150 valence electrons. The van der Waals surface area contributed by atoms with E-state index >= 15 is 0 Å². The Morgan fingerprint density at radius 2 is 1.89 bits per heavy atom. The number of benzene rings is 1. The first-order valence-corrected chi connectivity index (χ1v) is 10.2. The van der Waals surface area contributed by atoms with Gasteiger partial charge in [-0.25, -0.2) is 0 Å². The molecule has 2 aromatic rings. The topological polar surface area (TPSA) is 54.8 Å². The van der Waals surface area contributed by atoms with E-state index in [2.05, 4.69) is 40.3 Å². The normalized spacial score (nSPS) is 16.9. The van der Waals surface area contributed by atoms with E-state index in [-0.39, 0.29) is 0 Å². The van der Waals surface area contributed by atoms with Gasteiger partial charge in [-0.1, -0.05) is 0 Å². The van der Waals surface area contributed by atoms with Crippen LogP contribution in [0.5, 0.6) is 11.5 Å². The summed E-state index contributed by atoms with van der Waals surface area (Å²) in [7, 11) is 0. The number of thiocarbonyl (C=S) groups is 1. The lowest BCUT2D eigenvalue weighted by atomic mass is 10.2. The highest BCUT2D eigenvalue weighted by Gasteiger charge is 2.21. The molecule has 2 aliphatic rings. The van der Waals surface area contributed by atoms with Crippen molar-refractivity contribution in [3.05, 3.63) is 35.7 Å². The smallest absolute Gasteiger partial charge is 0.173 e. The summed E-state index contributed by atoms with van der Waals surface area (Å²) >= 11 is 5.63. The van der Waals surface area contributed by atoms with Crippen LogP contribution in [0.1, 0.15) is 18.2 Å². The minimum Gasteiger partial charge on any atom is -0.486 e. The largest absolute Gasteiger partial charge is 0.486 e. The Kier molecular flexibility index (Phi) is 5.68. The molecule has 1 saturated heterocycles. The zero-order valence-electron chi connectivity index (χ0n) is 16.5. The second-order valence-corrected chi connectivity index (χ2v) is 7.53. The molecule has 0 aliphatic carbocycles. The molecule has 28 heavy (non-hydrogen) atoms. The zero-order chi connectivity index (χ0) is 19.5. The monoisotopic (exact) mass is 401 g/mol. The van der Waals surface area contributed by atoms with Gasteiger partial charge < -0.3 is 19.7 Å². The molecule has 4 rings (SSSR count). The van der Waals surface area contributed by atoms with Crippen LogP contribution in [-0.2, 0) is 13.1 Å². The fraction of sp³-hybridized carbons (Fsp3) is 0.500. The summed E-state index contributed by atoms with van der Waals surface area (Å²) in [5.41, 5.74) is 3.37. The summed E-state index contributed by atoms with van der Waals surface area (Å²) < 4.78 is 13.2. The summed E-state index contributed by atoms with van der Waals surface area (Å²) in [6.07, 6.45) is 2.16. The van der Waals surface area contributed by atoms with Gasteiger partial charge in [-0.15, -0.1) is 0 Å². The molecule has 0 bridgehead atoms. The molecule has 1 aromatic heterocycles. The van der Waals surface area contributed by atoms with Gasteiger partial charge in [0.15, 0.2) is 16.6 Å². The Balaban J connectivity index is 1.29. The number of aryl methyl sites for hydroxylation is 2. The number of nitrogens with one attached hydrogen (secondary N) is 1. The maximum absolute atomic E-state index is 5.65. The van der Waals surface area contributed by atoms with Gasteiger partial charge in [-0.3, -0.25) is 9.58 Å². The van der Waals surface area contributed by atoms with Crippen LogP contribution in [-0.4, -0.2) is 64.1 Å². The number of nitrogens with zero attached hydrogens (tertiary/aromatic N) is 4. The maximum atomic E-state index is 5.65. The van der Waals surface area contributed by atoms with Crippen molar-refractivity contribution in [2.45, 2.75) is 26.9 Å². The van der Waals surface area contributed by atoms with Crippen LogP contribution < -0.4 is 14.8 Å². The fourth-order valence-corrected chi connectivity index (χ4v) is 3.85. The summed E-state index contributed by atoms with van der Waals surface area (Å²) in [4.78, 5) is 4.69. The first-order chi connectivity index (χ1) is 13.6. The van der Waals surface area contributed by atoms with E-state index in [0.29, 0.717) is 13.2 Å². The average Bonchev–Trinajstić information content (AvgIpc) is 3.08. The molecule has 7 nitrogen and oxygen atoms in total. The molecular weight excluding hydrogens is 374 g/mol. The van der Waals surface area contributed by atoms with E-state index in [4.69, 9.17) is 21.7 Å². The number of piperazine rings is 1. The minimum absolute atomic E-state index is 0.583. The Morgan fingerprint density at radius 3 is 2.61 bits per heavy atom. The van der Waals surface area contributed by atoms with Crippen LogP contribution in [0.4, 0.5) is 5.69 Å². The molecule has 2 aliphatic heterocycles. The second kappa shape index (κ2) is 8.36. The van der Waals surface area contributed by atoms with Gasteiger partial charge in [0, 0.05) is 62.8 Å². The predicted molar refractivity (Wildman–Crippen MR) is 113 cm³/mol. The lowest BCUT2D eigenvalue weighted by molar-refractivity contribution is 0.171. The maximum Gasteiger partial charge on any atom is 0.173 e. The standard InChI is InChI=1S/C20H27N5O2S/c1-3-25-14-16(15(2)22-25)13-23-6-8-24(9-7-23)20(28)21-17-4-5-18-19(12-17)27-11-10-26-18/h4-5,12,14H,3,6-11,13H2,1-2H3,(H,21,28). The third-order valence-corrected chi connectivity index (χ3v) is 5.58. The van der Waals surface area contributed by atoms with E-state index in [1.165, 1.54) is 5.56 Å². The SMILES string of the molecule is CCn1cc(CN2CCN(C(=S)Nc3ccc4c(c3)OCCO4)CC2)c(C)n1. The van der Waals surface area contributed by atoms with Gasteiger partial charge >= 0.3 is 0 Å². The van der Waals surface area contributed by atoms with Gasteiger partial charge in [0.05, 0.1) is 5.69 Å². The molecule has 0 unspecified atom stereocenters. The van der Waals surface area contributed by atoms with Crippen molar-refractivity contribution in [1.82, 2.24) is 19.6 Å². The second-order valence-electron chi connectivity index (χ2n) is 7.15. The number of hydrogen-bond donors (Lipinski definition) is 1. The van der Waals surface area contributed by atoms with Gasteiger partial charge in [0.2, 0.25) is 0 Å². The van der Waals surface area contributed by atoms with Crippen molar-refractivity contribution in [2.24, 2.45) is 0 Å². The van der Waals surface area contributed by atoms with Crippen LogP contribution >= 0.6 is 12.2 Å². The van der Waals surface area contributed by atoms with E-state index in [1.54, 1.807) is 0 Å². The van der Waals surface area contributed by atoms with Crippen LogP contribution in [0.2, 0.25) is 0 Å². The molecule has 0 spiro atoms. The van der Waals surface area contributed by atoms with Gasteiger partial charge in [-0.2, -0.15) is 5.10 Å². The van der Waals surface area contributed by atoms with Crippen LogP contribution in [0, 0.1) is 6.92 Å². The molecule has 0 atom stereocenters. The number of ether oxygens (including phenoxy) is 2. The van der Waals surface area contributed by atoms with E-state index < -0.39 is 0 Å². The highest BCUT2D eigenvalue weighted by Crippen LogP contribution is 2.32. The molecule has 1 fully saturated rings. The number of fused-ring (bicyclic) bond motifs is 1. The van der Waals surface area contributed by atoms with Crippen molar-refractivity contribution in [3.8, 4) is 11.5 Å². The third-order valence-electron chi connectivity index (χ3n) is 5.22. The van der Waals surface area contributed by atoms with Crippen LogP contribution in [0.25, 0.3) is 0 Å². The van der Waals surface area contributed by atoms with Crippen molar-refractivity contribution < 1.29 is 9.47 Å². The molecule has 1 N–H and O–H groups in total. The minimum atomic E-state index is 0.583. The van der Waals surface area contributed by atoms with Gasteiger partial charge in [0.25, 0.3) is 0 Å². The highest BCUT2D eigenvalue weighted by atomic mass is 32.1. The third kappa shape index (κ3) is 4.23. The van der Waals surface area contributed by atoms with Crippen LogP contribution in [0.15, 0.2) is 24.4 Å². The Labute approximate surface area is 171 Å². The van der Waals surface area contributed by atoms with E-state index in [0.717, 1.165) is 67.3 Å². The number of hydrogen-bond acceptors (Lipinski definition) is 5. The molecule has 0 amide bonds. The Hall–Kier alpha value is -2.32. The molecule has 0 saturated carbocycles. The quantitative estimate of drug-likeness (QED) is 0.790. The molecule has 1 aromatic carbocycles. The fourth-order valence-electron chi connectivity index (χ4n) is 3.55. The Morgan fingerprint density at radius 1 is 1.14 bits per heavy atom. The number of rotatable bonds is 4. The van der Waals surface area contributed by atoms with Crippen molar-refractivity contribution in [1.29, 1.82) is 0 Å². The lowest BCUT2D eigenvalue weighted by Gasteiger charge is -2.36. The van der Waals surface area contributed by atoms with Crippen molar-refractivity contribution in [3.63, 3.8) is 0 Å². The first kappa shape index (κ1) is 19.0. The van der Waals surface area contributed by atoms with Crippen molar-refractivity contribution >= 4 is 23.0 Å². The molecular formula is C20H27N5O2S. The summed E-state index contributed by atoms with van der Waals surface area (Å²) in [6, 6.07) is 5.85. The zero-order valence-corrected chi connectivity index (χ0v) is 17.3. The molecule has 8 heteroatoms. The Bertz CT molecular complexity index is 845. The molecule has 3 heterocycles. The number of aromatic nitrogens is 2. The van der Waals surface area contributed by atoms with Gasteiger partial charge in [-0.05, 0) is 38.2 Å². The van der Waals surface area contributed by atoms with E-state index in [1.807, 2.05) is 22.9 Å². The van der Waals surface area contributed by atoms with Crippen LogP contribution in [0.3, 0.4) is 0 Å². The van der Waals surface area contributed by atoms with Crippen molar-refractivity contribution in [2.75, 3.05) is 44.7 Å². The van der Waals surface area contributed by atoms with Gasteiger partial charge in [0.1, 0.15) is 13.2 Å². The summed E-state index contributed by atoms with van der Waals surface area (Å²) in [5.74, 6) is 1.56. The highest BCUT2D eigenvalue weighted by molar-refractivity contribution is 7.80. The predicted octanol–water partition coefficient (Wildman–Crippen LogP) is 2.50. The summed E-state index contributed by atoms with van der Waals surface area (Å²) in [6.45, 7) is 11.0.